The maximum absolute atomic E-state index is 11.4. The van der Waals surface area contributed by atoms with Gasteiger partial charge in [-0.3, -0.25) is 0 Å². The number of nitriles is 1. The molecule has 0 aliphatic rings. The fraction of sp³-hybridized carbons (Fsp3) is 0.900. The molecular formula is C10H20N2O2S. The summed E-state index contributed by atoms with van der Waals surface area (Å²) >= 11 is 0. The van der Waals surface area contributed by atoms with E-state index >= 15 is 0 Å². The summed E-state index contributed by atoms with van der Waals surface area (Å²) in [5.41, 5.74) is 0. The molecule has 4 nitrogen and oxygen atoms in total. The summed E-state index contributed by atoms with van der Waals surface area (Å²) in [6, 6.07) is 2.06. The van der Waals surface area contributed by atoms with Gasteiger partial charge in [-0.2, -0.15) is 5.26 Å². The van der Waals surface area contributed by atoms with Gasteiger partial charge in [-0.1, -0.05) is 13.8 Å². The molecule has 0 aliphatic heterocycles. The Bertz CT molecular complexity index is 293. The number of rotatable bonds is 8. The normalized spacial score (nSPS) is 11.6. The molecular weight excluding hydrogens is 212 g/mol. The second kappa shape index (κ2) is 7.66. The Morgan fingerprint density at radius 3 is 2.33 bits per heavy atom. The smallest absolute Gasteiger partial charge is 0.151 e. The predicted octanol–water partition coefficient (Wildman–Crippen LogP) is 1.05. The van der Waals surface area contributed by atoms with Crippen LogP contribution in [0.15, 0.2) is 0 Å². The molecule has 0 rings (SSSR count). The maximum atomic E-state index is 11.4. The Kier molecular flexibility index (Phi) is 7.35. The van der Waals surface area contributed by atoms with Crippen LogP contribution in [0.1, 0.15) is 26.7 Å². The molecule has 0 bridgehead atoms. The van der Waals surface area contributed by atoms with Crippen LogP contribution in [0.4, 0.5) is 0 Å². The van der Waals surface area contributed by atoms with Gasteiger partial charge in [-0.05, 0) is 13.0 Å². The largest absolute Gasteiger partial charge is 0.302 e. The summed E-state index contributed by atoms with van der Waals surface area (Å²) < 4.78 is 22.9. The van der Waals surface area contributed by atoms with Crippen molar-refractivity contribution in [2.24, 2.45) is 0 Å². The number of hydrogen-bond donors (Lipinski definition) is 0. The first-order valence-electron chi connectivity index (χ1n) is 5.35. The molecule has 0 unspecified atom stereocenters. The van der Waals surface area contributed by atoms with Crippen molar-refractivity contribution in [3.8, 4) is 6.07 Å². The van der Waals surface area contributed by atoms with Gasteiger partial charge < -0.3 is 4.90 Å². The highest BCUT2D eigenvalue weighted by Gasteiger charge is 2.11. The molecule has 0 aliphatic carbocycles. The van der Waals surface area contributed by atoms with Crippen LogP contribution in [0.3, 0.4) is 0 Å². The maximum Gasteiger partial charge on any atom is 0.151 e. The molecule has 0 amide bonds. The summed E-state index contributed by atoms with van der Waals surface area (Å²) in [7, 11) is -2.89. The molecule has 0 spiro atoms. The van der Waals surface area contributed by atoms with Gasteiger partial charge in [0.1, 0.15) is 0 Å². The number of hydrogen-bond acceptors (Lipinski definition) is 4. The van der Waals surface area contributed by atoms with E-state index in [1.165, 1.54) is 0 Å². The van der Waals surface area contributed by atoms with Crippen LogP contribution in [-0.4, -0.2) is 44.5 Å². The van der Waals surface area contributed by atoms with Gasteiger partial charge in [0, 0.05) is 25.3 Å². The SMILES string of the molecule is CCCS(=O)(=O)CCN(CC)CCC#N. The summed E-state index contributed by atoms with van der Waals surface area (Å²) in [6.45, 7) is 5.84. The van der Waals surface area contributed by atoms with Crippen molar-refractivity contribution in [3.05, 3.63) is 0 Å². The third kappa shape index (κ3) is 7.34. The van der Waals surface area contributed by atoms with E-state index in [1.807, 2.05) is 18.7 Å². The van der Waals surface area contributed by atoms with Crippen molar-refractivity contribution in [1.29, 1.82) is 5.26 Å². The molecule has 0 saturated carbocycles. The Hall–Kier alpha value is -0.600. The van der Waals surface area contributed by atoms with Crippen molar-refractivity contribution in [3.63, 3.8) is 0 Å². The molecule has 0 aromatic carbocycles. The minimum Gasteiger partial charge on any atom is -0.302 e. The van der Waals surface area contributed by atoms with E-state index in [2.05, 4.69) is 6.07 Å². The second-order valence-electron chi connectivity index (χ2n) is 3.49. The monoisotopic (exact) mass is 232 g/mol. The van der Waals surface area contributed by atoms with E-state index in [1.54, 1.807) is 0 Å². The highest BCUT2D eigenvalue weighted by molar-refractivity contribution is 7.91. The Morgan fingerprint density at radius 2 is 1.87 bits per heavy atom. The lowest BCUT2D eigenvalue weighted by molar-refractivity contribution is 0.312. The van der Waals surface area contributed by atoms with Crippen LogP contribution in [0, 0.1) is 11.3 Å². The van der Waals surface area contributed by atoms with Crippen LogP contribution in [0.2, 0.25) is 0 Å². The highest BCUT2D eigenvalue weighted by Crippen LogP contribution is 1.97. The minimum absolute atomic E-state index is 0.208. The first-order chi connectivity index (χ1) is 7.05. The molecule has 0 aromatic heterocycles. The molecule has 88 valence electrons. The third-order valence-electron chi connectivity index (χ3n) is 2.22. The van der Waals surface area contributed by atoms with E-state index < -0.39 is 9.84 Å². The van der Waals surface area contributed by atoms with Crippen LogP contribution in [0.5, 0.6) is 0 Å². The third-order valence-corrected chi connectivity index (χ3v) is 4.06. The van der Waals surface area contributed by atoms with Crippen LogP contribution in [-0.2, 0) is 9.84 Å². The second-order valence-corrected chi connectivity index (χ2v) is 5.80. The summed E-state index contributed by atoms with van der Waals surface area (Å²) in [4.78, 5) is 2.00. The van der Waals surface area contributed by atoms with Gasteiger partial charge in [-0.15, -0.1) is 0 Å². The van der Waals surface area contributed by atoms with Gasteiger partial charge in [0.05, 0.1) is 11.8 Å². The predicted molar refractivity (Wildman–Crippen MR) is 61.3 cm³/mol. The molecule has 5 heteroatoms. The van der Waals surface area contributed by atoms with Crippen molar-refractivity contribution in [2.45, 2.75) is 26.7 Å². The van der Waals surface area contributed by atoms with Crippen LogP contribution >= 0.6 is 0 Å². The van der Waals surface area contributed by atoms with Crippen molar-refractivity contribution in [1.82, 2.24) is 4.90 Å². The number of sulfone groups is 1. The van der Waals surface area contributed by atoms with Crippen molar-refractivity contribution in [2.75, 3.05) is 31.1 Å². The zero-order valence-electron chi connectivity index (χ0n) is 9.57. The molecule has 0 saturated heterocycles. The summed E-state index contributed by atoms with van der Waals surface area (Å²) in [6.07, 6.45) is 1.13. The lowest BCUT2D eigenvalue weighted by Crippen LogP contribution is -2.30. The summed E-state index contributed by atoms with van der Waals surface area (Å²) in [5.74, 6) is 0.475. The molecule has 0 aromatic rings. The van der Waals surface area contributed by atoms with Gasteiger partial charge >= 0.3 is 0 Å². The van der Waals surface area contributed by atoms with E-state index in [4.69, 9.17) is 5.26 Å². The van der Waals surface area contributed by atoms with Crippen LogP contribution < -0.4 is 0 Å². The average Bonchev–Trinajstić information content (AvgIpc) is 2.18. The highest BCUT2D eigenvalue weighted by atomic mass is 32.2. The number of nitrogens with zero attached hydrogens (tertiary/aromatic N) is 2. The standard InChI is InChI=1S/C10H20N2O2S/c1-3-9-15(13,14)10-8-12(4-2)7-5-6-11/h3-5,7-10H2,1-2H3. The molecule has 0 N–H and O–H groups in total. The first-order valence-corrected chi connectivity index (χ1v) is 7.17. The van der Waals surface area contributed by atoms with E-state index in [0.717, 1.165) is 6.54 Å². The van der Waals surface area contributed by atoms with Crippen LogP contribution in [0.25, 0.3) is 0 Å². The van der Waals surface area contributed by atoms with E-state index in [0.29, 0.717) is 25.9 Å². The molecule has 15 heavy (non-hydrogen) atoms. The lowest BCUT2D eigenvalue weighted by atomic mass is 10.4. The average molecular weight is 232 g/mol. The Balaban J connectivity index is 3.95. The van der Waals surface area contributed by atoms with Crippen molar-refractivity contribution < 1.29 is 8.42 Å². The van der Waals surface area contributed by atoms with E-state index in [-0.39, 0.29) is 11.5 Å². The molecule has 0 heterocycles. The lowest BCUT2D eigenvalue weighted by Gasteiger charge is -2.18. The quantitative estimate of drug-likeness (QED) is 0.627. The van der Waals surface area contributed by atoms with Gasteiger partial charge in [0.2, 0.25) is 0 Å². The zero-order valence-corrected chi connectivity index (χ0v) is 10.4. The zero-order chi connectivity index (χ0) is 11.7. The van der Waals surface area contributed by atoms with Gasteiger partial charge in [0.15, 0.2) is 9.84 Å². The van der Waals surface area contributed by atoms with Gasteiger partial charge in [-0.25, -0.2) is 8.42 Å². The summed E-state index contributed by atoms with van der Waals surface area (Å²) in [5, 5.41) is 8.43. The van der Waals surface area contributed by atoms with Crippen molar-refractivity contribution >= 4 is 9.84 Å². The van der Waals surface area contributed by atoms with Gasteiger partial charge in [0.25, 0.3) is 0 Å². The minimum atomic E-state index is -2.89. The fourth-order valence-electron chi connectivity index (χ4n) is 1.32. The molecule has 0 radical (unpaired) electrons. The fourth-order valence-corrected chi connectivity index (χ4v) is 2.68. The Morgan fingerprint density at radius 1 is 1.20 bits per heavy atom. The van der Waals surface area contributed by atoms with E-state index in [9.17, 15) is 8.42 Å². The Labute approximate surface area is 92.8 Å². The first kappa shape index (κ1) is 14.4. The topological polar surface area (TPSA) is 61.2 Å². The molecule has 0 atom stereocenters. The molecule has 0 fully saturated rings.